The molecule has 0 unspecified atom stereocenters. The number of H-pyrrole nitrogens is 1. The summed E-state index contributed by atoms with van der Waals surface area (Å²) >= 11 is 3.06. The maximum Gasteiger partial charge on any atom is 0.224 e. The summed E-state index contributed by atoms with van der Waals surface area (Å²) in [7, 11) is 0. The van der Waals surface area contributed by atoms with Crippen LogP contribution in [0.1, 0.15) is 10.4 Å². The number of fused-ring (bicyclic) bond motifs is 1. The van der Waals surface area contributed by atoms with E-state index in [0.717, 1.165) is 31.3 Å². The zero-order valence-corrected chi connectivity index (χ0v) is 16.0. The van der Waals surface area contributed by atoms with Crippen molar-refractivity contribution < 1.29 is 9.18 Å². The average Bonchev–Trinajstić information content (AvgIpc) is 3.29. The van der Waals surface area contributed by atoms with E-state index in [0.29, 0.717) is 6.54 Å². The minimum absolute atomic E-state index is 0.0331. The van der Waals surface area contributed by atoms with Gasteiger partial charge in [0.05, 0.1) is 18.0 Å². The first kappa shape index (κ1) is 17.8. The van der Waals surface area contributed by atoms with Crippen molar-refractivity contribution in [2.45, 2.75) is 22.9 Å². The summed E-state index contributed by atoms with van der Waals surface area (Å²) in [6.07, 6.45) is 0.271. The average molecular weight is 397 g/mol. The topological polar surface area (TPSA) is 44.9 Å². The Bertz CT molecular complexity index is 1070. The highest BCUT2D eigenvalue weighted by molar-refractivity contribution is 7.99. The number of aromatic nitrogens is 1. The normalized spacial score (nSPS) is 11.0. The molecule has 2 aromatic carbocycles. The highest BCUT2D eigenvalue weighted by Crippen LogP contribution is 2.35. The van der Waals surface area contributed by atoms with Crippen LogP contribution in [0.5, 0.6) is 0 Å². The number of benzene rings is 2. The number of amides is 1. The fourth-order valence-electron chi connectivity index (χ4n) is 2.91. The van der Waals surface area contributed by atoms with Crippen molar-refractivity contribution >= 4 is 39.9 Å². The van der Waals surface area contributed by atoms with Gasteiger partial charge < -0.3 is 10.3 Å². The minimum atomic E-state index is -0.272. The number of aromatic amines is 1. The molecule has 0 spiro atoms. The predicted molar refractivity (Wildman–Crippen MR) is 109 cm³/mol. The van der Waals surface area contributed by atoms with Crippen molar-refractivity contribution in [3.63, 3.8) is 0 Å². The summed E-state index contributed by atoms with van der Waals surface area (Å²) in [6, 6.07) is 18.3. The van der Waals surface area contributed by atoms with E-state index < -0.39 is 0 Å². The molecule has 3 nitrogen and oxygen atoms in total. The van der Waals surface area contributed by atoms with E-state index >= 15 is 0 Å². The van der Waals surface area contributed by atoms with Crippen LogP contribution in [0.25, 0.3) is 10.9 Å². The molecular formula is C21H17FN2OS2. The van der Waals surface area contributed by atoms with Gasteiger partial charge >= 0.3 is 0 Å². The molecule has 0 atom stereocenters. The molecule has 0 bridgehead atoms. The number of carbonyl (C=O) groups is 1. The van der Waals surface area contributed by atoms with Crippen LogP contribution >= 0.6 is 23.1 Å². The third-order valence-electron chi connectivity index (χ3n) is 4.17. The quantitative estimate of drug-likeness (QED) is 0.460. The molecule has 2 aromatic heterocycles. The lowest BCUT2D eigenvalue weighted by Gasteiger charge is -2.06. The molecule has 0 aliphatic heterocycles. The van der Waals surface area contributed by atoms with Crippen LogP contribution in [0.4, 0.5) is 4.39 Å². The lowest BCUT2D eigenvalue weighted by atomic mass is 10.1. The maximum absolute atomic E-state index is 13.5. The van der Waals surface area contributed by atoms with Crippen molar-refractivity contribution in [3.8, 4) is 0 Å². The smallest absolute Gasteiger partial charge is 0.224 e. The zero-order chi connectivity index (χ0) is 18.6. The molecule has 136 valence electrons. The Morgan fingerprint density at radius 3 is 2.81 bits per heavy atom. The van der Waals surface area contributed by atoms with Crippen LogP contribution in [0.2, 0.25) is 0 Å². The molecule has 0 aliphatic carbocycles. The standard InChI is InChI=1S/C21H17FN2OS2/c22-14-5-3-6-15(11-14)27-21-18(17-8-1-2-9-19(17)24-21)12-20(25)23-13-16-7-4-10-26-16/h1-11,24H,12-13H2,(H,23,25). The van der Waals surface area contributed by atoms with E-state index in [-0.39, 0.29) is 18.1 Å². The van der Waals surface area contributed by atoms with Crippen LogP contribution in [-0.2, 0) is 17.8 Å². The molecule has 0 aliphatic rings. The van der Waals surface area contributed by atoms with Gasteiger partial charge in [0, 0.05) is 26.2 Å². The summed E-state index contributed by atoms with van der Waals surface area (Å²) < 4.78 is 13.5. The first-order valence-corrected chi connectivity index (χ1v) is 10.2. The summed E-state index contributed by atoms with van der Waals surface area (Å²) in [5.74, 6) is -0.305. The van der Waals surface area contributed by atoms with Gasteiger partial charge in [-0.15, -0.1) is 11.3 Å². The van der Waals surface area contributed by atoms with Gasteiger partial charge in [0.1, 0.15) is 5.82 Å². The SMILES string of the molecule is O=C(Cc1c(Sc2cccc(F)c2)[nH]c2ccccc12)NCc1cccs1. The molecule has 0 fully saturated rings. The van der Waals surface area contributed by atoms with E-state index in [4.69, 9.17) is 0 Å². The van der Waals surface area contributed by atoms with Crippen molar-refractivity contribution in [1.29, 1.82) is 0 Å². The van der Waals surface area contributed by atoms with Crippen LogP contribution in [0.3, 0.4) is 0 Å². The van der Waals surface area contributed by atoms with E-state index in [1.165, 1.54) is 23.9 Å². The number of rotatable bonds is 6. The van der Waals surface area contributed by atoms with Gasteiger partial charge in [-0.2, -0.15) is 0 Å². The third-order valence-corrected chi connectivity index (χ3v) is 6.09. The first-order chi connectivity index (χ1) is 13.2. The number of para-hydroxylation sites is 1. The molecule has 2 N–H and O–H groups in total. The monoisotopic (exact) mass is 396 g/mol. The van der Waals surface area contributed by atoms with Gasteiger partial charge in [0.15, 0.2) is 0 Å². The van der Waals surface area contributed by atoms with Crippen molar-refractivity contribution in [2.75, 3.05) is 0 Å². The van der Waals surface area contributed by atoms with Crippen LogP contribution in [0.15, 0.2) is 76.0 Å². The Hall–Kier alpha value is -2.57. The second kappa shape index (κ2) is 7.98. The lowest BCUT2D eigenvalue weighted by molar-refractivity contribution is -0.120. The molecule has 0 radical (unpaired) electrons. The van der Waals surface area contributed by atoms with E-state index in [1.807, 2.05) is 47.8 Å². The molecule has 0 saturated carbocycles. The van der Waals surface area contributed by atoms with Crippen LogP contribution in [-0.4, -0.2) is 10.9 Å². The minimum Gasteiger partial charge on any atom is -0.351 e. The van der Waals surface area contributed by atoms with Crippen molar-refractivity contribution in [3.05, 3.63) is 82.3 Å². The first-order valence-electron chi connectivity index (χ1n) is 8.51. The van der Waals surface area contributed by atoms with Gasteiger partial charge in [-0.25, -0.2) is 4.39 Å². The van der Waals surface area contributed by atoms with E-state index in [1.54, 1.807) is 17.4 Å². The lowest BCUT2D eigenvalue weighted by Crippen LogP contribution is -2.24. The van der Waals surface area contributed by atoms with Crippen molar-refractivity contribution in [1.82, 2.24) is 10.3 Å². The number of hydrogen-bond acceptors (Lipinski definition) is 3. The molecule has 4 aromatic rings. The largest absolute Gasteiger partial charge is 0.351 e. The van der Waals surface area contributed by atoms with Crippen LogP contribution < -0.4 is 5.32 Å². The molecule has 2 heterocycles. The molecule has 0 saturated heterocycles. The number of hydrogen-bond donors (Lipinski definition) is 2. The Labute approximate surface area is 164 Å². The van der Waals surface area contributed by atoms with Gasteiger partial charge in [-0.1, -0.05) is 42.1 Å². The second-order valence-electron chi connectivity index (χ2n) is 6.07. The summed E-state index contributed by atoms with van der Waals surface area (Å²) in [4.78, 5) is 17.8. The number of thiophene rings is 1. The highest BCUT2D eigenvalue weighted by atomic mass is 32.2. The Kier molecular flexibility index (Phi) is 5.27. The fourth-order valence-corrected chi connectivity index (χ4v) is 4.57. The molecule has 4 rings (SSSR count). The van der Waals surface area contributed by atoms with Gasteiger partial charge in [-0.3, -0.25) is 4.79 Å². The number of nitrogens with one attached hydrogen (secondary N) is 2. The maximum atomic E-state index is 13.5. The Balaban J connectivity index is 1.58. The molecule has 1 amide bonds. The van der Waals surface area contributed by atoms with E-state index in [9.17, 15) is 9.18 Å². The van der Waals surface area contributed by atoms with Crippen molar-refractivity contribution in [2.24, 2.45) is 0 Å². The molecule has 27 heavy (non-hydrogen) atoms. The molecular weight excluding hydrogens is 379 g/mol. The van der Waals surface area contributed by atoms with E-state index in [2.05, 4.69) is 10.3 Å². The summed E-state index contributed by atoms with van der Waals surface area (Å²) in [5.41, 5.74) is 1.90. The predicted octanol–water partition coefficient (Wildman–Crippen LogP) is 5.38. The summed E-state index contributed by atoms with van der Waals surface area (Å²) in [5, 5.41) is 6.86. The van der Waals surface area contributed by atoms with Gasteiger partial charge in [0.2, 0.25) is 5.91 Å². The molecule has 6 heteroatoms. The van der Waals surface area contributed by atoms with Gasteiger partial charge in [-0.05, 0) is 35.7 Å². The summed E-state index contributed by atoms with van der Waals surface area (Å²) in [6.45, 7) is 0.533. The second-order valence-corrected chi connectivity index (χ2v) is 8.19. The fraction of sp³-hybridized carbons (Fsp3) is 0.0952. The number of carbonyl (C=O) groups excluding carboxylic acids is 1. The Morgan fingerprint density at radius 1 is 1.11 bits per heavy atom. The number of halogens is 1. The Morgan fingerprint density at radius 2 is 2.00 bits per heavy atom. The van der Waals surface area contributed by atoms with Gasteiger partial charge in [0.25, 0.3) is 0 Å². The van der Waals surface area contributed by atoms with Crippen LogP contribution in [0, 0.1) is 5.82 Å². The highest BCUT2D eigenvalue weighted by Gasteiger charge is 2.16. The third kappa shape index (κ3) is 4.23. The zero-order valence-electron chi connectivity index (χ0n) is 14.4.